The smallest absolute Gasteiger partial charge is 0.0555 e. The topological polar surface area (TPSA) is 42.1 Å². The van der Waals surface area contributed by atoms with Gasteiger partial charge in [0.1, 0.15) is 0 Å². The van der Waals surface area contributed by atoms with Crippen molar-refractivity contribution in [2.45, 2.75) is 40.3 Å². The largest absolute Gasteiger partial charge is 0.368 e. The second kappa shape index (κ2) is 5.85. The van der Waals surface area contributed by atoms with Gasteiger partial charge in [0.15, 0.2) is 0 Å². The molecule has 90 valence electrons. The predicted molar refractivity (Wildman–Crippen MR) is 69.4 cm³/mol. The van der Waals surface area contributed by atoms with Crippen molar-refractivity contribution < 1.29 is 0 Å². The lowest BCUT2D eigenvalue weighted by Gasteiger charge is -2.30. The molecule has 0 bridgehead atoms. The van der Waals surface area contributed by atoms with Gasteiger partial charge in [-0.05, 0) is 31.9 Å². The minimum absolute atomic E-state index is 0.493. The summed E-state index contributed by atoms with van der Waals surface area (Å²) in [6.07, 6.45) is 1.92. The van der Waals surface area contributed by atoms with Crippen LogP contribution in [0.4, 0.5) is 5.69 Å². The van der Waals surface area contributed by atoms with E-state index >= 15 is 0 Å². The molecule has 0 saturated heterocycles. The predicted octanol–water partition coefficient (Wildman–Crippen LogP) is 2.41. The van der Waals surface area contributed by atoms with Crippen LogP contribution in [0.15, 0.2) is 18.3 Å². The molecule has 3 heteroatoms. The molecule has 16 heavy (non-hydrogen) atoms. The SMILES string of the molecule is CC(C)CN(c1ccc(CN)nc1)C(C)C. The Balaban J connectivity index is 2.84. The van der Waals surface area contributed by atoms with Crippen molar-refractivity contribution in [1.82, 2.24) is 4.98 Å². The zero-order valence-electron chi connectivity index (χ0n) is 10.8. The molecular weight excluding hydrogens is 198 g/mol. The summed E-state index contributed by atoms with van der Waals surface area (Å²) >= 11 is 0. The maximum Gasteiger partial charge on any atom is 0.0555 e. The summed E-state index contributed by atoms with van der Waals surface area (Å²) in [6.45, 7) is 10.4. The van der Waals surface area contributed by atoms with Crippen LogP contribution in [0.1, 0.15) is 33.4 Å². The van der Waals surface area contributed by atoms with Gasteiger partial charge in [-0.1, -0.05) is 13.8 Å². The van der Waals surface area contributed by atoms with E-state index in [1.54, 1.807) is 0 Å². The molecule has 0 spiro atoms. The molecule has 0 aliphatic heterocycles. The Labute approximate surface area is 98.7 Å². The minimum atomic E-state index is 0.493. The molecule has 0 aliphatic carbocycles. The summed E-state index contributed by atoms with van der Waals surface area (Å²) in [5.41, 5.74) is 7.66. The molecule has 0 amide bonds. The minimum Gasteiger partial charge on any atom is -0.368 e. The van der Waals surface area contributed by atoms with Crippen molar-refractivity contribution in [3.63, 3.8) is 0 Å². The molecule has 0 unspecified atom stereocenters. The average molecular weight is 221 g/mol. The van der Waals surface area contributed by atoms with Crippen LogP contribution in [-0.4, -0.2) is 17.6 Å². The molecule has 1 aromatic rings. The number of nitrogens with two attached hydrogens (primary N) is 1. The number of hydrogen-bond donors (Lipinski definition) is 1. The van der Waals surface area contributed by atoms with E-state index in [0.29, 0.717) is 18.5 Å². The van der Waals surface area contributed by atoms with Gasteiger partial charge in [-0.2, -0.15) is 0 Å². The van der Waals surface area contributed by atoms with E-state index in [0.717, 1.165) is 12.2 Å². The van der Waals surface area contributed by atoms with Crippen molar-refractivity contribution in [2.24, 2.45) is 11.7 Å². The Morgan fingerprint density at radius 2 is 1.94 bits per heavy atom. The molecule has 0 aromatic carbocycles. The fourth-order valence-electron chi connectivity index (χ4n) is 1.72. The highest BCUT2D eigenvalue weighted by molar-refractivity contribution is 5.45. The highest BCUT2D eigenvalue weighted by atomic mass is 15.2. The summed E-state index contributed by atoms with van der Waals surface area (Å²) in [5, 5.41) is 0. The van der Waals surface area contributed by atoms with Crippen LogP contribution >= 0.6 is 0 Å². The average Bonchev–Trinajstić information content (AvgIpc) is 2.25. The number of nitrogens with zero attached hydrogens (tertiary/aromatic N) is 2. The molecule has 1 heterocycles. The van der Waals surface area contributed by atoms with E-state index in [1.165, 1.54) is 5.69 Å². The van der Waals surface area contributed by atoms with Gasteiger partial charge in [-0.15, -0.1) is 0 Å². The van der Waals surface area contributed by atoms with Gasteiger partial charge in [0.05, 0.1) is 17.6 Å². The van der Waals surface area contributed by atoms with Crippen LogP contribution < -0.4 is 10.6 Å². The lowest BCUT2D eigenvalue weighted by molar-refractivity contribution is 0.570. The molecule has 1 aromatic heterocycles. The van der Waals surface area contributed by atoms with Gasteiger partial charge >= 0.3 is 0 Å². The van der Waals surface area contributed by atoms with E-state index in [9.17, 15) is 0 Å². The van der Waals surface area contributed by atoms with Crippen molar-refractivity contribution in [3.05, 3.63) is 24.0 Å². The maximum atomic E-state index is 5.54. The summed E-state index contributed by atoms with van der Waals surface area (Å²) in [6, 6.07) is 4.61. The molecule has 0 radical (unpaired) electrons. The second-order valence-electron chi connectivity index (χ2n) is 4.85. The van der Waals surface area contributed by atoms with E-state index < -0.39 is 0 Å². The lowest BCUT2D eigenvalue weighted by atomic mass is 10.1. The first-order valence-corrected chi connectivity index (χ1v) is 5.96. The molecule has 3 nitrogen and oxygen atoms in total. The molecular formula is C13H23N3. The van der Waals surface area contributed by atoms with Crippen molar-refractivity contribution in [1.29, 1.82) is 0 Å². The molecule has 0 atom stereocenters. The van der Waals surface area contributed by atoms with Gasteiger partial charge in [0.2, 0.25) is 0 Å². The van der Waals surface area contributed by atoms with Crippen LogP contribution in [0.5, 0.6) is 0 Å². The highest BCUT2D eigenvalue weighted by Gasteiger charge is 2.12. The highest BCUT2D eigenvalue weighted by Crippen LogP contribution is 2.17. The van der Waals surface area contributed by atoms with Crippen LogP contribution in [0, 0.1) is 5.92 Å². The summed E-state index contributed by atoms with van der Waals surface area (Å²) in [4.78, 5) is 6.71. The third kappa shape index (κ3) is 3.49. The number of rotatable bonds is 5. The number of anilines is 1. The molecule has 0 aliphatic rings. The summed E-state index contributed by atoms with van der Waals surface area (Å²) < 4.78 is 0. The van der Waals surface area contributed by atoms with Crippen molar-refractivity contribution in [3.8, 4) is 0 Å². The van der Waals surface area contributed by atoms with Crippen molar-refractivity contribution in [2.75, 3.05) is 11.4 Å². The van der Waals surface area contributed by atoms with Gasteiger partial charge in [0.25, 0.3) is 0 Å². The Hall–Kier alpha value is -1.09. The molecule has 0 saturated carbocycles. The monoisotopic (exact) mass is 221 g/mol. The maximum absolute atomic E-state index is 5.54. The molecule has 0 fully saturated rings. The fourth-order valence-corrected chi connectivity index (χ4v) is 1.72. The van der Waals surface area contributed by atoms with E-state index in [1.807, 2.05) is 12.3 Å². The van der Waals surface area contributed by atoms with E-state index in [-0.39, 0.29) is 0 Å². The fraction of sp³-hybridized carbons (Fsp3) is 0.615. The zero-order chi connectivity index (χ0) is 12.1. The van der Waals surface area contributed by atoms with Crippen molar-refractivity contribution >= 4 is 5.69 Å². The van der Waals surface area contributed by atoms with Gasteiger partial charge in [-0.3, -0.25) is 4.98 Å². The van der Waals surface area contributed by atoms with Crippen LogP contribution in [-0.2, 0) is 6.54 Å². The summed E-state index contributed by atoms with van der Waals surface area (Å²) in [7, 11) is 0. The van der Waals surface area contributed by atoms with E-state index in [4.69, 9.17) is 5.73 Å². The third-order valence-electron chi connectivity index (χ3n) is 2.54. The van der Waals surface area contributed by atoms with E-state index in [2.05, 4.69) is 43.6 Å². The zero-order valence-corrected chi connectivity index (χ0v) is 10.8. The van der Waals surface area contributed by atoms with Gasteiger partial charge < -0.3 is 10.6 Å². The van der Waals surface area contributed by atoms with Gasteiger partial charge in [-0.25, -0.2) is 0 Å². The number of aromatic nitrogens is 1. The van der Waals surface area contributed by atoms with Crippen LogP contribution in [0.25, 0.3) is 0 Å². The second-order valence-corrected chi connectivity index (χ2v) is 4.85. The molecule has 2 N–H and O–H groups in total. The Morgan fingerprint density at radius 1 is 1.25 bits per heavy atom. The first-order valence-electron chi connectivity index (χ1n) is 5.96. The van der Waals surface area contributed by atoms with Crippen LogP contribution in [0.2, 0.25) is 0 Å². The third-order valence-corrected chi connectivity index (χ3v) is 2.54. The Morgan fingerprint density at radius 3 is 2.31 bits per heavy atom. The first kappa shape index (κ1) is 13.0. The number of hydrogen-bond acceptors (Lipinski definition) is 3. The Kier molecular flexibility index (Phi) is 4.74. The van der Waals surface area contributed by atoms with Gasteiger partial charge in [0, 0.05) is 19.1 Å². The molecule has 1 rings (SSSR count). The number of pyridine rings is 1. The van der Waals surface area contributed by atoms with Crippen LogP contribution in [0.3, 0.4) is 0 Å². The normalized spacial score (nSPS) is 11.2. The quantitative estimate of drug-likeness (QED) is 0.830. The standard InChI is InChI=1S/C13H23N3/c1-10(2)9-16(11(3)4)13-6-5-12(7-14)15-8-13/h5-6,8,10-11H,7,9,14H2,1-4H3. The lowest BCUT2D eigenvalue weighted by Crippen LogP contribution is -2.34. The Bertz CT molecular complexity index is 303. The summed E-state index contributed by atoms with van der Waals surface area (Å²) in [5.74, 6) is 0.650. The first-order chi connectivity index (χ1) is 7.54.